The molecule has 1 amide bonds. The number of amides is 1. The molecule has 1 aliphatic carbocycles. The van der Waals surface area contributed by atoms with E-state index in [0.717, 1.165) is 30.7 Å². The number of hydrogen-bond acceptors (Lipinski definition) is 3. The van der Waals surface area contributed by atoms with Crippen LogP contribution in [0.1, 0.15) is 42.3 Å². The summed E-state index contributed by atoms with van der Waals surface area (Å²) < 4.78 is 39.5. The minimum absolute atomic E-state index is 0.0736. The SMILES string of the molecule is Cc1nn(-c2ccc(C(F)(F)F)cn2)c(C)c1CC(=O)N[C@H](C)C1CC1. The van der Waals surface area contributed by atoms with E-state index in [1.165, 1.54) is 10.7 Å². The van der Waals surface area contributed by atoms with Crippen LogP contribution in [0.15, 0.2) is 18.3 Å². The van der Waals surface area contributed by atoms with E-state index in [4.69, 9.17) is 0 Å². The monoisotopic (exact) mass is 366 g/mol. The highest BCUT2D eigenvalue weighted by molar-refractivity contribution is 5.79. The molecular formula is C18H21F3N4O. The minimum atomic E-state index is -4.43. The largest absolute Gasteiger partial charge is 0.417 e. The molecule has 0 radical (unpaired) electrons. The van der Waals surface area contributed by atoms with Crippen molar-refractivity contribution in [3.8, 4) is 5.82 Å². The number of nitrogens with zero attached hydrogens (tertiary/aromatic N) is 3. The average molecular weight is 366 g/mol. The van der Waals surface area contributed by atoms with E-state index in [1.807, 2.05) is 6.92 Å². The van der Waals surface area contributed by atoms with Crippen LogP contribution in [0.5, 0.6) is 0 Å². The van der Waals surface area contributed by atoms with Crippen LogP contribution in [0, 0.1) is 19.8 Å². The van der Waals surface area contributed by atoms with E-state index in [1.54, 1.807) is 13.8 Å². The number of hydrogen-bond donors (Lipinski definition) is 1. The molecule has 3 rings (SSSR count). The van der Waals surface area contributed by atoms with Crippen molar-refractivity contribution in [2.45, 2.75) is 52.3 Å². The van der Waals surface area contributed by atoms with Gasteiger partial charge in [-0.3, -0.25) is 4.79 Å². The molecule has 1 saturated carbocycles. The first-order valence-electron chi connectivity index (χ1n) is 8.55. The Morgan fingerprint density at radius 1 is 1.35 bits per heavy atom. The van der Waals surface area contributed by atoms with Crippen molar-refractivity contribution >= 4 is 5.91 Å². The number of carbonyl (C=O) groups is 1. The molecular weight excluding hydrogens is 345 g/mol. The molecule has 2 heterocycles. The van der Waals surface area contributed by atoms with Gasteiger partial charge in [0.1, 0.15) is 0 Å². The van der Waals surface area contributed by atoms with E-state index in [9.17, 15) is 18.0 Å². The third-order valence-electron chi connectivity index (χ3n) is 4.79. The molecule has 0 bridgehead atoms. The molecule has 0 saturated heterocycles. The lowest BCUT2D eigenvalue weighted by atomic mass is 10.1. The van der Waals surface area contributed by atoms with Gasteiger partial charge in [0.25, 0.3) is 0 Å². The highest BCUT2D eigenvalue weighted by Gasteiger charge is 2.31. The maximum Gasteiger partial charge on any atom is 0.417 e. The number of aryl methyl sites for hydroxylation is 1. The molecule has 0 unspecified atom stereocenters. The summed E-state index contributed by atoms with van der Waals surface area (Å²) in [4.78, 5) is 16.1. The molecule has 0 spiro atoms. The normalized spacial score (nSPS) is 15.8. The summed E-state index contributed by atoms with van der Waals surface area (Å²) >= 11 is 0. The van der Waals surface area contributed by atoms with Gasteiger partial charge < -0.3 is 5.32 Å². The van der Waals surface area contributed by atoms with Gasteiger partial charge in [-0.25, -0.2) is 9.67 Å². The topological polar surface area (TPSA) is 59.8 Å². The van der Waals surface area contributed by atoms with Crippen LogP contribution in [0.3, 0.4) is 0 Å². The first-order chi connectivity index (χ1) is 12.2. The lowest BCUT2D eigenvalue weighted by molar-refractivity contribution is -0.137. The second-order valence-corrected chi connectivity index (χ2v) is 6.83. The molecule has 2 aromatic rings. The van der Waals surface area contributed by atoms with Crippen molar-refractivity contribution in [2.75, 3.05) is 0 Å². The van der Waals surface area contributed by atoms with Crippen LogP contribution in [-0.4, -0.2) is 26.7 Å². The average Bonchev–Trinajstić information content (AvgIpc) is 3.37. The number of rotatable bonds is 5. The molecule has 0 aromatic carbocycles. The second-order valence-electron chi connectivity index (χ2n) is 6.83. The van der Waals surface area contributed by atoms with Crippen LogP contribution in [0.4, 0.5) is 13.2 Å². The van der Waals surface area contributed by atoms with Gasteiger partial charge in [-0.2, -0.15) is 18.3 Å². The number of nitrogens with one attached hydrogen (secondary N) is 1. The maximum atomic E-state index is 12.7. The molecule has 26 heavy (non-hydrogen) atoms. The Bertz CT molecular complexity index is 807. The van der Waals surface area contributed by atoms with E-state index in [2.05, 4.69) is 15.4 Å². The quantitative estimate of drug-likeness (QED) is 0.883. The fourth-order valence-electron chi connectivity index (χ4n) is 3.01. The van der Waals surface area contributed by atoms with Crippen LogP contribution in [0.25, 0.3) is 5.82 Å². The van der Waals surface area contributed by atoms with Crippen LogP contribution in [-0.2, 0) is 17.4 Å². The molecule has 1 aliphatic rings. The van der Waals surface area contributed by atoms with Crippen LogP contribution >= 0.6 is 0 Å². The summed E-state index contributed by atoms with van der Waals surface area (Å²) in [6, 6.07) is 2.42. The third-order valence-corrected chi connectivity index (χ3v) is 4.79. The summed E-state index contributed by atoms with van der Waals surface area (Å²) in [7, 11) is 0. The van der Waals surface area contributed by atoms with Gasteiger partial charge in [-0.05, 0) is 51.7 Å². The number of pyridine rings is 1. The molecule has 1 N–H and O–H groups in total. The predicted octanol–water partition coefficient (Wildman–Crippen LogP) is 3.36. The van der Waals surface area contributed by atoms with Gasteiger partial charge in [0.2, 0.25) is 5.91 Å². The maximum absolute atomic E-state index is 12.7. The Balaban J connectivity index is 1.78. The Morgan fingerprint density at radius 3 is 2.58 bits per heavy atom. The standard InChI is InChI=1S/C18H21F3N4O/c1-10(13-4-5-13)23-17(26)8-15-11(2)24-25(12(15)3)16-7-6-14(9-22-16)18(19,20)21/h6-7,9-10,13H,4-5,8H2,1-3H3,(H,23,26)/t10-/m1/s1. The molecule has 8 heteroatoms. The smallest absolute Gasteiger partial charge is 0.353 e. The lowest BCUT2D eigenvalue weighted by Gasteiger charge is -2.13. The second kappa shape index (κ2) is 6.74. The number of alkyl halides is 3. The zero-order valence-corrected chi connectivity index (χ0v) is 14.9. The number of carbonyl (C=O) groups excluding carboxylic acids is 1. The summed E-state index contributed by atoms with van der Waals surface area (Å²) in [5.74, 6) is 0.785. The summed E-state index contributed by atoms with van der Waals surface area (Å²) in [5, 5.41) is 7.35. The van der Waals surface area contributed by atoms with E-state index < -0.39 is 11.7 Å². The van der Waals surface area contributed by atoms with Crippen molar-refractivity contribution in [1.82, 2.24) is 20.1 Å². The van der Waals surface area contributed by atoms with Gasteiger partial charge in [-0.1, -0.05) is 0 Å². The van der Waals surface area contributed by atoms with Crippen molar-refractivity contribution < 1.29 is 18.0 Å². The molecule has 2 aromatic heterocycles. The van der Waals surface area contributed by atoms with Gasteiger partial charge in [0.15, 0.2) is 5.82 Å². The van der Waals surface area contributed by atoms with Crippen molar-refractivity contribution in [3.05, 3.63) is 40.8 Å². The summed E-state index contributed by atoms with van der Waals surface area (Å²) in [5.41, 5.74) is 1.33. The first kappa shape index (κ1) is 18.4. The van der Waals surface area contributed by atoms with Crippen molar-refractivity contribution in [1.29, 1.82) is 0 Å². The Kier molecular flexibility index (Phi) is 4.77. The van der Waals surface area contributed by atoms with E-state index in [-0.39, 0.29) is 24.2 Å². The first-order valence-corrected chi connectivity index (χ1v) is 8.55. The Labute approximate surface area is 149 Å². The highest BCUT2D eigenvalue weighted by Crippen LogP contribution is 2.32. The Hall–Kier alpha value is -2.38. The molecule has 1 fully saturated rings. The lowest BCUT2D eigenvalue weighted by Crippen LogP contribution is -2.35. The fourth-order valence-corrected chi connectivity index (χ4v) is 3.01. The van der Waals surface area contributed by atoms with Gasteiger partial charge in [0, 0.05) is 23.5 Å². The molecule has 0 aliphatic heterocycles. The van der Waals surface area contributed by atoms with Gasteiger partial charge in [0.05, 0.1) is 17.7 Å². The Morgan fingerprint density at radius 2 is 2.04 bits per heavy atom. The third kappa shape index (κ3) is 3.89. The van der Waals surface area contributed by atoms with Crippen molar-refractivity contribution in [3.63, 3.8) is 0 Å². The number of aromatic nitrogens is 3. The molecule has 1 atom stereocenters. The van der Waals surface area contributed by atoms with Crippen molar-refractivity contribution in [2.24, 2.45) is 5.92 Å². The zero-order valence-electron chi connectivity index (χ0n) is 14.9. The summed E-state index contributed by atoms with van der Waals surface area (Å²) in [6.45, 7) is 5.57. The van der Waals surface area contributed by atoms with Gasteiger partial charge >= 0.3 is 6.18 Å². The molecule has 5 nitrogen and oxygen atoms in total. The zero-order chi connectivity index (χ0) is 19.1. The van der Waals surface area contributed by atoms with Gasteiger partial charge in [-0.15, -0.1) is 0 Å². The summed E-state index contributed by atoms with van der Waals surface area (Å²) in [6.07, 6.45) is -1.15. The fraction of sp³-hybridized carbons (Fsp3) is 0.500. The van der Waals surface area contributed by atoms with Crippen LogP contribution < -0.4 is 5.32 Å². The van der Waals surface area contributed by atoms with Crippen LogP contribution in [0.2, 0.25) is 0 Å². The highest BCUT2D eigenvalue weighted by atomic mass is 19.4. The van der Waals surface area contributed by atoms with E-state index in [0.29, 0.717) is 17.3 Å². The van der Waals surface area contributed by atoms with E-state index >= 15 is 0 Å². The predicted molar refractivity (Wildman–Crippen MR) is 89.9 cm³/mol. The molecule has 140 valence electrons. The number of halogens is 3. The minimum Gasteiger partial charge on any atom is -0.353 e.